The van der Waals surface area contributed by atoms with Crippen LogP contribution in [0.3, 0.4) is 0 Å². The van der Waals surface area contributed by atoms with Crippen molar-refractivity contribution < 1.29 is 35.9 Å². The molecule has 1 atom stereocenters. The molecule has 264 valence electrons. The number of halogens is 6. The molecule has 4 heterocycles. The topological polar surface area (TPSA) is 132 Å². The molecule has 1 aliphatic heterocycles. The lowest BCUT2D eigenvalue weighted by atomic mass is 10.2. The van der Waals surface area contributed by atoms with Gasteiger partial charge in [-0.1, -0.05) is 19.6 Å². The van der Waals surface area contributed by atoms with Gasteiger partial charge in [-0.2, -0.15) is 31.4 Å². The van der Waals surface area contributed by atoms with Crippen LogP contribution in [0.2, 0.25) is 25.7 Å². The molecule has 4 rings (SSSR count). The molecule has 0 aliphatic carbocycles. The van der Waals surface area contributed by atoms with Crippen molar-refractivity contribution in [3.63, 3.8) is 0 Å². The van der Waals surface area contributed by atoms with Crippen molar-refractivity contribution in [3.05, 3.63) is 62.9 Å². The third-order valence-corrected chi connectivity index (χ3v) is 9.22. The quantitative estimate of drug-likeness (QED) is 0.172. The number of anilines is 2. The smallest absolute Gasteiger partial charge is 0.379 e. The van der Waals surface area contributed by atoms with E-state index >= 15 is 0 Å². The standard InChI is InChI=1S/C28H37F6N9O4Si/c1-19(38-21-15-37-43(18-47-11-12-48(2,3)4)24(45)23(21)28(32,33)34)16-41-9-10-42(26(41)46)17-22(44)39-5-7-40(8-6-39)25-35-13-20(14-36-25)27(29,30)31/h9-10,13-15,19,38H,5-8,11-12,16-18H2,1-4H3. The molecule has 1 N–H and O–H groups in total. The molecule has 0 saturated carbocycles. The maximum atomic E-state index is 14.0. The van der Waals surface area contributed by atoms with E-state index in [4.69, 9.17) is 4.74 Å². The number of nitrogens with zero attached hydrogens (tertiary/aromatic N) is 8. The number of alkyl halides is 6. The van der Waals surface area contributed by atoms with E-state index in [1.165, 1.54) is 28.8 Å². The fraction of sp³-hybridized carbons (Fsp3) is 0.571. The molecule has 48 heavy (non-hydrogen) atoms. The lowest BCUT2D eigenvalue weighted by Gasteiger charge is -2.34. The van der Waals surface area contributed by atoms with Crippen molar-refractivity contribution in [2.24, 2.45) is 0 Å². The Morgan fingerprint density at radius 2 is 1.58 bits per heavy atom. The van der Waals surface area contributed by atoms with Gasteiger partial charge >= 0.3 is 18.0 Å². The Bertz CT molecular complexity index is 1670. The van der Waals surface area contributed by atoms with Crippen LogP contribution in [0.25, 0.3) is 0 Å². The summed E-state index contributed by atoms with van der Waals surface area (Å²) in [7, 11) is -1.44. The van der Waals surface area contributed by atoms with Gasteiger partial charge < -0.3 is 19.9 Å². The fourth-order valence-corrected chi connectivity index (χ4v) is 5.60. The first-order valence-electron chi connectivity index (χ1n) is 15.0. The molecule has 0 spiro atoms. The molecular weight excluding hydrogens is 668 g/mol. The maximum absolute atomic E-state index is 14.0. The van der Waals surface area contributed by atoms with Gasteiger partial charge in [-0.05, 0) is 13.0 Å². The van der Waals surface area contributed by atoms with Crippen molar-refractivity contribution >= 4 is 25.6 Å². The van der Waals surface area contributed by atoms with E-state index in [2.05, 4.69) is 40.0 Å². The second-order valence-corrected chi connectivity index (χ2v) is 18.2. The number of hydrogen-bond donors (Lipinski definition) is 1. The average Bonchev–Trinajstić information content (AvgIpc) is 3.32. The first-order chi connectivity index (χ1) is 22.3. The van der Waals surface area contributed by atoms with E-state index in [1.54, 1.807) is 4.90 Å². The minimum absolute atomic E-state index is 0.0913. The van der Waals surface area contributed by atoms with Gasteiger partial charge in [0.2, 0.25) is 11.9 Å². The number of imidazole rings is 1. The first-order valence-corrected chi connectivity index (χ1v) is 18.7. The number of amides is 1. The van der Waals surface area contributed by atoms with Crippen molar-refractivity contribution in [1.82, 2.24) is 33.8 Å². The molecule has 1 saturated heterocycles. The Kier molecular flexibility index (Phi) is 11.1. The summed E-state index contributed by atoms with van der Waals surface area (Å²) in [5, 5.41) is 6.47. The summed E-state index contributed by atoms with van der Waals surface area (Å²) in [6.07, 6.45) is -4.47. The highest BCUT2D eigenvalue weighted by molar-refractivity contribution is 6.76. The Labute approximate surface area is 272 Å². The summed E-state index contributed by atoms with van der Waals surface area (Å²) >= 11 is 0. The molecule has 1 unspecified atom stereocenters. The second-order valence-electron chi connectivity index (χ2n) is 12.6. The second kappa shape index (κ2) is 14.5. The Morgan fingerprint density at radius 1 is 0.958 bits per heavy atom. The number of aromatic nitrogens is 6. The van der Waals surface area contributed by atoms with Crippen LogP contribution in [-0.2, 0) is 41.7 Å². The zero-order valence-electron chi connectivity index (χ0n) is 26.8. The number of hydrogen-bond acceptors (Lipinski definition) is 9. The zero-order chi connectivity index (χ0) is 35.4. The highest BCUT2D eigenvalue weighted by Gasteiger charge is 2.38. The van der Waals surface area contributed by atoms with E-state index in [1.807, 2.05) is 0 Å². The van der Waals surface area contributed by atoms with Crippen LogP contribution in [0.5, 0.6) is 0 Å². The zero-order valence-corrected chi connectivity index (χ0v) is 27.8. The monoisotopic (exact) mass is 705 g/mol. The molecular formula is C28H37F6N9O4Si. The molecule has 1 amide bonds. The van der Waals surface area contributed by atoms with Gasteiger partial charge in [0.1, 0.15) is 18.8 Å². The van der Waals surface area contributed by atoms with Crippen LogP contribution in [0.1, 0.15) is 18.1 Å². The van der Waals surface area contributed by atoms with Crippen LogP contribution < -0.4 is 21.5 Å². The molecule has 0 aromatic carbocycles. The number of nitrogens with one attached hydrogen (secondary N) is 1. The average molecular weight is 706 g/mol. The third-order valence-electron chi connectivity index (χ3n) is 7.51. The highest BCUT2D eigenvalue weighted by atomic mass is 28.3. The van der Waals surface area contributed by atoms with E-state index in [-0.39, 0.29) is 51.1 Å². The van der Waals surface area contributed by atoms with E-state index in [0.29, 0.717) is 23.7 Å². The first kappa shape index (κ1) is 36.6. The summed E-state index contributed by atoms with van der Waals surface area (Å²) in [4.78, 5) is 49.3. The molecule has 13 nitrogen and oxygen atoms in total. The number of ether oxygens (including phenoxy) is 1. The molecule has 3 aromatic heterocycles. The van der Waals surface area contributed by atoms with Gasteiger partial charge in [-0.15, -0.1) is 0 Å². The van der Waals surface area contributed by atoms with E-state index in [9.17, 15) is 40.7 Å². The van der Waals surface area contributed by atoms with Crippen LogP contribution in [-0.4, -0.2) is 86.6 Å². The number of carbonyl (C=O) groups is 1. The van der Waals surface area contributed by atoms with Gasteiger partial charge in [0, 0.05) is 78.2 Å². The summed E-state index contributed by atoms with van der Waals surface area (Å²) in [6, 6.07) is 0.00259. The minimum atomic E-state index is -4.99. The summed E-state index contributed by atoms with van der Waals surface area (Å²) in [5.41, 5.74) is -4.87. The van der Waals surface area contributed by atoms with Crippen LogP contribution in [0, 0.1) is 0 Å². The van der Waals surface area contributed by atoms with Crippen LogP contribution in [0.15, 0.2) is 40.6 Å². The van der Waals surface area contributed by atoms with Crippen molar-refractivity contribution in [3.8, 4) is 0 Å². The van der Waals surface area contributed by atoms with Gasteiger partial charge in [0.05, 0.1) is 17.4 Å². The Morgan fingerprint density at radius 3 is 2.17 bits per heavy atom. The summed E-state index contributed by atoms with van der Waals surface area (Å²) in [6.45, 7) is 8.32. The third kappa shape index (κ3) is 9.45. The van der Waals surface area contributed by atoms with Gasteiger partial charge in [0.15, 0.2) is 0 Å². The van der Waals surface area contributed by atoms with Gasteiger partial charge in [-0.3, -0.25) is 18.7 Å². The van der Waals surface area contributed by atoms with Gasteiger partial charge in [0.25, 0.3) is 5.56 Å². The lowest BCUT2D eigenvalue weighted by Crippen LogP contribution is -2.50. The maximum Gasteiger partial charge on any atom is 0.423 e. The summed E-state index contributed by atoms with van der Waals surface area (Å²) < 4.78 is 88.6. The molecule has 1 fully saturated rings. The van der Waals surface area contributed by atoms with Gasteiger partial charge in [-0.25, -0.2) is 19.4 Å². The van der Waals surface area contributed by atoms with E-state index < -0.39 is 61.3 Å². The molecule has 0 radical (unpaired) electrons. The molecule has 1 aliphatic rings. The Balaban J connectivity index is 1.34. The largest absolute Gasteiger partial charge is 0.423 e. The SMILES string of the molecule is CC(Cn1ccn(CC(=O)N2CCN(c3ncc(C(F)(F)F)cn3)CC2)c1=O)Nc1cnn(COCC[Si](C)(C)C)c(=O)c1C(F)(F)F. The molecule has 0 bridgehead atoms. The summed E-state index contributed by atoms with van der Waals surface area (Å²) in [5.74, 6) is -0.271. The predicted molar refractivity (Wildman–Crippen MR) is 165 cm³/mol. The Hall–Kier alpha value is -4.20. The van der Waals surface area contributed by atoms with Crippen molar-refractivity contribution in [2.75, 3.05) is 43.0 Å². The fourth-order valence-electron chi connectivity index (χ4n) is 4.84. The molecule has 3 aromatic rings. The van der Waals surface area contributed by atoms with Crippen LogP contribution >= 0.6 is 0 Å². The highest BCUT2D eigenvalue weighted by Crippen LogP contribution is 2.32. The lowest BCUT2D eigenvalue weighted by molar-refractivity contribution is -0.139. The number of rotatable bonds is 12. The number of carbonyl (C=O) groups excluding carboxylic acids is 1. The molecule has 20 heteroatoms. The van der Waals surface area contributed by atoms with E-state index in [0.717, 1.165) is 16.8 Å². The normalized spacial score (nSPS) is 15.1. The van der Waals surface area contributed by atoms with Crippen molar-refractivity contribution in [2.45, 2.75) is 70.8 Å². The number of piperazine rings is 1. The minimum Gasteiger partial charge on any atom is -0.379 e. The van der Waals surface area contributed by atoms with Crippen molar-refractivity contribution in [1.29, 1.82) is 0 Å². The predicted octanol–water partition coefficient (Wildman–Crippen LogP) is 3.20. The van der Waals surface area contributed by atoms with Crippen LogP contribution in [0.4, 0.5) is 38.0 Å².